The number of hydrogen-bond donors (Lipinski definition) is 0. The largest absolute Gasteiger partial charge is 0.331 e. The second-order valence-electron chi connectivity index (χ2n) is 6.46. The van der Waals surface area contributed by atoms with Gasteiger partial charge in [-0.3, -0.25) is 9.78 Å². The van der Waals surface area contributed by atoms with Crippen LogP contribution >= 0.6 is 0 Å². The quantitative estimate of drug-likeness (QED) is 0.856. The number of aromatic nitrogens is 1. The van der Waals surface area contributed by atoms with E-state index in [2.05, 4.69) is 37.9 Å². The molecule has 1 aromatic heterocycles. The van der Waals surface area contributed by atoms with Crippen LogP contribution in [0.15, 0.2) is 48.8 Å². The van der Waals surface area contributed by atoms with Gasteiger partial charge in [0.2, 0.25) is 0 Å². The lowest BCUT2D eigenvalue weighted by atomic mass is 9.81. The van der Waals surface area contributed by atoms with E-state index in [0.717, 1.165) is 23.2 Å². The van der Waals surface area contributed by atoms with E-state index in [9.17, 15) is 4.79 Å². The van der Waals surface area contributed by atoms with Crippen LogP contribution < -0.4 is 0 Å². The van der Waals surface area contributed by atoms with E-state index >= 15 is 0 Å². The smallest absolute Gasteiger partial charge is 0.254 e. The molecular weight excluding hydrogens is 272 g/mol. The number of amides is 1. The summed E-state index contributed by atoms with van der Waals surface area (Å²) in [6.07, 6.45) is 3.66. The van der Waals surface area contributed by atoms with Crippen molar-refractivity contribution in [1.29, 1.82) is 0 Å². The van der Waals surface area contributed by atoms with Crippen LogP contribution in [0.25, 0.3) is 0 Å². The van der Waals surface area contributed by atoms with E-state index in [0.29, 0.717) is 5.92 Å². The monoisotopic (exact) mass is 294 g/mol. The van der Waals surface area contributed by atoms with Crippen LogP contribution in [0.3, 0.4) is 0 Å². The Morgan fingerprint density at radius 2 is 1.95 bits per heavy atom. The standard InChI is InChI=1S/C19H22N2O/c1-13(2)12-21-18(15-7-6-10-20-11-15)14(3)16-8-4-5-9-17(16)19(21)22/h4-11,13-14,18H,12H2,1-3H3/t14-,18?/m0/s1. The third kappa shape index (κ3) is 2.52. The van der Waals surface area contributed by atoms with Crippen molar-refractivity contribution in [3.8, 4) is 0 Å². The van der Waals surface area contributed by atoms with Gasteiger partial charge in [0.05, 0.1) is 6.04 Å². The second kappa shape index (κ2) is 5.91. The molecule has 22 heavy (non-hydrogen) atoms. The molecule has 1 unspecified atom stereocenters. The molecule has 0 N–H and O–H groups in total. The molecule has 2 atom stereocenters. The number of benzene rings is 1. The molecule has 114 valence electrons. The summed E-state index contributed by atoms with van der Waals surface area (Å²) in [5.41, 5.74) is 3.09. The van der Waals surface area contributed by atoms with Crippen LogP contribution in [0.5, 0.6) is 0 Å². The van der Waals surface area contributed by atoms with Crippen LogP contribution in [-0.4, -0.2) is 22.3 Å². The summed E-state index contributed by atoms with van der Waals surface area (Å²) in [6, 6.07) is 12.1. The van der Waals surface area contributed by atoms with Crippen molar-refractivity contribution < 1.29 is 4.79 Å². The Kier molecular flexibility index (Phi) is 3.97. The molecule has 1 aliphatic rings. The van der Waals surface area contributed by atoms with Crippen molar-refractivity contribution in [2.24, 2.45) is 5.92 Å². The number of pyridine rings is 1. The molecule has 1 amide bonds. The first kappa shape index (κ1) is 14.8. The highest BCUT2D eigenvalue weighted by Crippen LogP contribution is 2.42. The number of fused-ring (bicyclic) bond motifs is 1. The molecule has 2 aromatic rings. The van der Waals surface area contributed by atoms with E-state index in [1.807, 2.05) is 35.4 Å². The van der Waals surface area contributed by atoms with E-state index in [-0.39, 0.29) is 17.9 Å². The van der Waals surface area contributed by atoms with Crippen molar-refractivity contribution in [1.82, 2.24) is 9.88 Å². The number of hydrogen-bond acceptors (Lipinski definition) is 2. The third-order valence-corrected chi connectivity index (χ3v) is 4.34. The predicted octanol–water partition coefficient (Wildman–Crippen LogP) is 4.04. The van der Waals surface area contributed by atoms with E-state index in [1.54, 1.807) is 6.20 Å². The first-order valence-electron chi connectivity index (χ1n) is 7.89. The minimum Gasteiger partial charge on any atom is -0.331 e. The van der Waals surface area contributed by atoms with Gasteiger partial charge in [0.25, 0.3) is 5.91 Å². The molecule has 0 fully saturated rings. The molecule has 0 aliphatic carbocycles. The normalized spacial score (nSPS) is 21.1. The lowest BCUT2D eigenvalue weighted by Gasteiger charge is -2.42. The molecule has 3 heteroatoms. The van der Waals surface area contributed by atoms with Crippen molar-refractivity contribution in [3.05, 3.63) is 65.5 Å². The van der Waals surface area contributed by atoms with E-state index in [4.69, 9.17) is 0 Å². The van der Waals surface area contributed by atoms with Gasteiger partial charge in [0.1, 0.15) is 0 Å². The summed E-state index contributed by atoms with van der Waals surface area (Å²) in [5.74, 6) is 0.827. The maximum Gasteiger partial charge on any atom is 0.254 e. The Balaban J connectivity index is 2.11. The zero-order valence-electron chi connectivity index (χ0n) is 13.4. The van der Waals surface area contributed by atoms with Gasteiger partial charge in [-0.05, 0) is 29.2 Å². The Labute approximate surface area is 132 Å². The molecule has 3 rings (SSSR count). The van der Waals surface area contributed by atoms with Crippen molar-refractivity contribution in [3.63, 3.8) is 0 Å². The molecular formula is C19H22N2O. The van der Waals surface area contributed by atoms with Crippen LogP contribution in [0.2, 0.25) is 0 Å². The summed E-state index contributed by atoms with van der Waals surface area (Å²) in [7, 11) is 0. The average molecular weight is 294 g/mol. The average Bonchev–Trinajstić information content (AvgIpc) is 2.53. The Morgan fingerprint density at radius 3 is 2.64 bits per heavy atom. The van der Waals surface area contributed by atoms with Gasteiger partial charge < -0.3 is 4.90 Å². The van der Waals surface area contributed by atoms with Gasteiger partial charge in [-0.15, -0.1) is 0 Å². The van der Waals surface area contributed by atoms with E-state index < -0.39 is 0 Å². The Hall–Kier alpha value is -2.16. The highest BCUT2D eigenvalue weighted by molar-refractivity contribution is 5.97. The van der Waals surface area contributed by atoms with Crippen molar-refractivity contribution in [2.75, 3.05) is 6.54 Å². The lowest BCUT2D eigenvalue weighted by molar-refractivity contribution is 0.0585. The maximum absolute atomic E-state index is 13.0. The summed E-state index contributed by atoms with van der Waals surface area (Å²) in [4.78, 5) is 19.3. The molecule has 0 radical (unpaired) electrons. The molecule has 1 aliphatic heterocycles. The summed E-state index contributed by atoms with van der Waals surface area (Å²) in [5, 5.41) is 0. The molecule has 0 saturated heterocycles. The fourth-order valence-corrected chi connectivity index (χ4v) is 3.42. The second-order valence-corrected chi connectivity index (χ2v) is 6.46. The molecule has 0 bridgehead atoms. The van der Waals surface area contributed by atoms with Crippen LogP contribution in [0, 0.1) is 5.92 Å². The van der Waals surface area contributed by atoms with Crippen LogP contribution in [0.4, 0.5) is 0 Å². The molecule has 0 saturated carbocycles. The molecule has 1 aromatic carbocycles. The molecule has 3 nitrogen and oxygen atoms in total. The van der Waals surface area contributed by atoms with Gasteiger partial charge in [0.15, 0.2) is 0 Å². The molecule has 2 heterocycles. The number of nitrogens with zero attached hydrogens (tertiary/aromatic N) is 2. The van der Waals surface area contributed by atoms with Crippen molar-refractivity contribution in [2.45, 2.75) is 32.7 Å². The minimum atomic E-state index is 0.0542. The molecule has 0 spiro atoms. The van der Waals surface area contributed by atoms with Gasteiger partial charge in [-0.2, -0.15) is 0 Å². The topological polar surface area (TPSA) is 33.2 Å². The SMILES string of the molecule is CC(C)CN1C(=O)c2ccccc2[C@H](C)C1c1cccnc1. The van der Waals surface area contributed by atoms with Crippen molar-refractivity contribution >= 4 is 5.91 Å². The maximum atomic E-state index is 13.0. The summed E-state index contributed by atoms with van der Waals surface area (Å²) < 4.78 is 0. The van der Waals surface area contributed by atoms with Crippen LogP contribution in [-0.2, 0) is 0 Å². The lowest BCUT2D eigenvalue weighted by Crippen LogP contribution is -2.43. The van der Waals surface area contributed by atoms with Gasteiger partial charge in [-0.25, -0.2) is 0 Å². The van der Waals surface area contributed by atoms with E-state index in [1.165, 1.54) is 0 Å². The number of carbonyl (C=O) groups is 1. The first-order chi connectivity index (χ1) is 10.6. The Morgan fingerprint density at radius 1 is 1.18 bits per heavy atom. The van der Waals surface area contributed by atoms with Gasteiger partial charge >= 0.3 is 0 Å². The van der Waals surface area contributed by atoms with Gasteiger partial charge in [-0.1, -0.05) is 45.0 Å². The Bertz CT molecular complexity index is 666. The summed E-state index contributed by atoms with van der Waals surface area (Å²) >= 11 is 0. The zero-order valence-corrected chi connectivity index (χ0v) is 13.4. The first-order valence-corrected chi connectivity index (χ1v) is 7.89. The highest BCUT2D eigenvalue weighted by Gasteiger charge is 2.38. The number of rotatable bonds is 3. The van der Waals surface area contributed by atoms with Gasteiger partial charge in [0, 0.05) is 30.4 Å². The number of carbonyl (C=O) groups excluding carboxylic acids is 1. The zero-order chi connectivity index (χ0) is 15.7. The fourth-order valence-electron chi connectivity index (χ4n) is 3.42. The predicted molar refractivity (Wildman–Crippen MR) is 87.7 cm³/mol. The summed E-state index contributed by atoms with van der Waals surface area (Å²) in [6.45, 7) is 7.27. The highest BCUT2D eigenvalue weighted by atomic mass is 16.2. The third-order valence-electron chi connectivity index (χ3n) is 4.34. The minimum absolute atomic E-state index is 0.0542. The fraction of sp³-hybridized carbons (Fsp3) is 0.368. The van der Waals surface area contributed by atoms with Crippen LogP contribution in [0.1, 0.15) is 54.2 Å².